The lowest BCUT2D eigenvalue weighted by molar-refractivity contribution is 0.306. The maximum absolute atomic E-state index is 5.82. The first kappa shape index (κ1) is 12.8. The second kappa shape index (κ2) is 5.77. The van der Waals surface area contributed by atoms with Crippen LogP contribution >= 0.6 is 0 Å². The summed E-state index contributed by atoms with van der Waals surface area (Å²) in [6.07, 6.45) is 0. The molecule has 0 fully saturated rings. The number of ether oxygens (including phenoxy) is 1. The van der Waals surface area contributed by atoms with Crippen LogP contribution in [0.1, 0.15) is 11.1 Å². The van der Waals surface area contributed by atoms with Crippen LogP contribution in [-0.2, 0) is 6.61 Å². The normalized spacial score (nSPS) is 10.2. The van der Waals surface area contributed by atoms with E-state index in [2.05, 4.69) is 63.0 Å². The van der Waals surface area contributed by atoms with E-state index in [1.54, 1.807) is 0 Å². The minimum absolute atomic E-state index is 0.535. The van der Waals surface area contributed by atoms with Crippen LogP contribution in [0.5, 0.6) is 5.75 Å². The summed E-state index contributed by atoms with van der Waals surface area (Å²) in [4.78, 5) is 0. The van der Waals surface area contributed by atoms with Crippen LogP contribution in [0, 0.1) is 6.92 Å². The molecule has 0 aromatic heterocycles. The fourth-order valence-electron chi connectivity index (χ4n) is 1.81. The van der Waals surface area contributed by atoms with Gasteiger partial charge in [0.2, 0.25) is 0 Å². The van der Waals surface area contributed by atoms with E-state index in [-0.39, 0.29) is 0 Å². The molecule has 0 aliphatic heterocycles. The third-order valence-corrected chi connectivity index (χ3v) is 3.05. The van der Waals surface area contributed by atoms with Gasteiger partial charge in [-0.3, -0.25) is 0 Å². The first-order valence-electron chi connectivity index (χ1n) is 6.43. The summed E-state index contributed by atoms with van der Waals surface area (Å²) >= 11 is 0. The molecular weight excluding hydrogens is 219 g/mol. The molecule has 0 aliphatic rings. The molecule has 0 atom stereocenters. The summed E-state index contributed by atoms with van der Waals surface area (Å²) in [5.74, 6) is 0.946. The number of aryl methyl sites for hydroxylation is 1. The highest BCUT2D eigenvalue weighted by Crippen LogP contribution is 2.12. The van der Waals surface area contributed by atoms with Gasteiger partial charge in [-0.25, -0.2) is 0 Å². The van der Waals surface area contributed by atoms with E-state index in [1.165, 1.54) is 16.6 Å². The van der Waals surface area contributed by atoms with Crippen LogP contribution in [0.15, 0.2) is 48.5 Å². The van der Waals surface area contributed by atoms with Crippen LogP contribution in [0.3, 0.4) is 0 Å². The van der Waals surface area contributed by atoms with E-state index < -0.39 is 0 Å². The lowest BCUT2D eigenvalue weighted by atomic mass is 9.49. The van der Waals surface area contributed by atoms with E-state index >= 15 is 0 Å². The number of benzene rings is 2. The number of hydrogen-bond donors (Lipinski definition) is 0. The van der Waals surface area contributed by atoms with Gasteiger partial charge in [0.15, 0.2) is 6.71 Å². The fraction of sp³-hybridized carbons (Fsp3) is 0.250. The summed E-state index contributed by atoms with van der Waals surface area (Å²) < 4.78 is 5.82. The quantitative estimate of drug-likeness (QED) is 0.740. The average Bonchev–Trinajstić information content (AvgIpc) is 2.38. The van der Waals surface area contributed by atoms with Crippen molar-refractivity contribution in [3.8, 4) is 5.75 Å². The Kier molecular flexibility index (Phi) is 4.09. The van der Waals surface area contributed by atoms with Gasteiger partial charge in [-0.2, -0.15) is 0 Å². The molecular formula is C16H19BO. The minimum atomic E-state index is 0.535. The van der Waals surface area contributed by atoms with Gasteiger partial charge >= 0.3 is 0 Å². The van der Waals surface area contributed by atoms with E-state index in [1.807, 2.05) is 6.07 Å². The van der Waals surface area contributed by atoms with E-state index in [0.717, 1.165) is 5.75 Å². The van der Waals surface area contributed by atoms with Crippen molar-refractivity contribution < 1.29 is 4.74 Å². The summed E-state index contributed by atoms with van der Waals surface area (Å²) in [5, 5.41) is 0. The lowest BCUT2D eigenvalue weighted by Gasteiger charge is -2.09. The van der Waals surface area contributed by atoms with Crippen molar-refractivity contribution in [3.63, 3.8) is 0 Å². The molecule has 92 valence electrons. The summed E-state index contributed by atoms with van der Waals surface area (Å²) in [5.41, 5.74) is 3.80. The largest absolute Gasteiger partial charge is 0.489 e. The molecule has 2 heteroatoms. The third-order valence-electron chi connectivity index (χ3n) is 3.05. The van der Waals surface area contributed by atoms with E-state index in [4.69, 9.17) is 4.74 Å². The second-order valence-electron chi connectivity index (χ2n) is 5.00. The van der Waals surface area contributed by atoms with Gasteiger partial charge in [-0.15, -0.1) is 0 Å². The van der Waals surface area contributed by atoms with E-state index in [9.17, 15) is 0 Å². The smallest absolute Gasteiger partial charge is 0.169 e. The topological polar surface area (TPSA) is 9.23 Å². The molecule has 0 N–H and O–H groups in total. The molecule has 2 aromatic carbocycles. The molecule has 0 bridgehead atoms. The number of rotatable bonds is 4. The van der Waals surface area contributed by atoms with Crippen LogP contribution < -0.4 is 10.2 Å². The zero-order valence-corrected chi connectivity index (χ0v) is 11.3. The Labute approximate surface area is 110 Å². The van der Waals surface area contributed by atoms with Crippen molar-refractivity contribution in [1.29, 1.82) is 0 Å². The average molecular weight is 238 g/mol. The highest BCUT2D eigenvalue weighted by atomic mass is 16.5. The molecule has 1 nitrogen and oxygen atoms in total. The highest BCUT2D eigenvalue weighted by molar-refractivity contribution is 6.70. The molecule has 2 aromatic rings. The molecule has 0 aliphatic carbocycles. The molecule has 0 amide bonds. The van der Waals surface area contributed by atoms with Gasteiger partial charge in [0.05, 0.1) is 0 Å². The Bertz CT molecular complexity index is 503. The van der Waals surface area contributed by atoms with Gasteiger partial charge in [0, 0.05) is 0 Å². The first-order chi connectivity index (χ1) is 8.65. The van der Waals surface area contributed by atoms with Gasteiger partial charge in [-0.05, 0) is 24.6 Å². The monoisotopic (exact) mass is 238 g/mol. The SMILES string of the molecule is CB(C)c1cccc(OCc2ccc(C)cc2)c1. The summed E-state index contributed by atoms with van der Waals surface area (Å²) in [6.45, 7) is 7.64. The zero-order chi connectivity index (χ0) is 13.0. The number of hydrogen-bond acceptors (Lipinski definition) is 1. The van der Waals surface area contributed by atoms with Crippen molar-refractivity contribution in [2.75, 3.05) is 0 Å². The van der Waals surface area contributed by atoms with Gasteiger partial charge in [0.25, 0.3) is 0 Å². The predicted molar refractivity (Wildman–Crippen MR) is 79.1 cm³/mol. The summed E-state index contributed by atoms with van der Waals surface area (Å²) in [6, 6.07) is 16.8. The van der Waals surface area contributed by atoms with Crippen molar-refractivity contribution >= 4 is 12.2 Å². The Balaban J connectivity index is 2.01. The van der Waals surface area contributed by atoms with E-state index in [0.29, 0.717) is 13.3 Å². The molecule has 0 heterocycles. The first-order valence-corrected chi connectivity index (χ1v) is 6.43. The van der Waals surface area contributed by atoms with Crippen molar-refractivity contribution in [2.45, 2.75) is 27.2 Å². The lowest BCUT2D eigenvalue weighted by Crippen LogP contribution is -2.22. The molecule has 0 radical (unpaired) electrons. The van der Waals surface area contributed by atoms with Gasteiger partial charge in [-0.1, -0.05) is 61.1 Å². The van der Waals surface area contributed by atoms with Gasteiger partial charge in [0.1, 0.15) is 12.4 Å². The van der Waals surface area contributed by atoms with Crippen LogP contribution in [0.2, 0.25) is 13.6 Å². The second-order valence-corrected chi connectivity index (χ2v) is 5.00. The molecule has 0 saturated heterocycles. The van der Waals surface area contributed by atoms with Crippen LogP contribution in [0.4, 0.5) is 0 Å². The van der Waals surface area contributed by atoms with Crippen molar-refractivity contribution in [3.05, 3.63) is 59.7 Å². The molecule has 0 saturated carbocycles. The van der Waals surface area contributed by atoms with Crippen LogP contribution in [0.25, 0.3) is 0 Å². The standard InChI is InChI=1S/C16H19BO/c1-13-7-9-14(10-8-13)12-18-16-6-4-5-15(11-16)17(2)3/h4-11H,12H2,1-3H3. The zero-order valence-electron chi connectivity index (χ0n) is 11.3. The Morgan fingerprint density at radius 1 is 1.00 bits per heavy atom. The fourth-order valence-corrected chi connectivity index (χ4v) is 1.81. The molecule has 2 rings (SSSR count). The maximum Gasteiger partial charge on any atom is 0.169 e. The van der Waals surface area contributed by atoms with Gasteiger partial charge < -0.3 is 4.74 Å². The minimum Gasteiger partial charge on any atom is -0.489 e. The molecule has 0 unspecified atom stereocenters. The Morgan fingerprint density at radius 3 is 2.39 bits per heavy atom. The van der Waals surface area contributed by atoms with Crippen molar-refractivity contribution in [1.82, 2.24) is 0 Å². The van der Waals surface area contributed by atoms with Crippen LogP contribution in [-0.4, -0.2) is 6.71 Å². The predicted octanol–water partition coefficient (Wildman–Crippen LogP) is 3.54. The third kappa shape index (κ3) is 3.40. The maximum atomic E-state index is 5.82. The molecule has 18 heavy (non-hydrogen) atoms. The summed E-state index contributed by atoms with van der Waals surface area (Å²) in [7, 11) is 0. The van der Waals surface area contributed by atoms with Crippen molar-refractivity contribution in [2.24, 2.45) is 0 Å². The highest BCUT2D eigenvalue weighted by Gasteiger charge is 2.04. The molecule has 0 spiro atoms. The Hall–Kier alpha value is -1.70. The Morgan fingerprint density at radius 2 is 1.72 bits per heavy atom.